The van der Waals surface area contributed by atoms with Crippen LogP contribution in [0.2, 0.25) is 0 Å². The minimum Gasteiger partial charge on any atom is -0.361 e. The second-order valence-electron chi connectivity index (χ2n) is 8.36. The van der Waals surface area contributed by atoms with E-state index in [-0.39, 0.29) is 5.91 Å². The van der Waals surface area contributed by atoms with Crippen LogP contribution in [0.4, 0.5) is 0 Å². The molecule has 1 saturated carbocycles. The van der Waals surface area contributed by atoms with Gasteiger partial charge >= 0.3 is 0 Å². The molecule has 2 aromatic rings. The number of likely N-dealkylation sites (tertiary alicyclic amines) is 1. The molecular weight excluding hydrogens is 354 g/mol. The summed E-state index contributed by atoms with van der Waals surface area (Å²) in [4.78, 5) is 19.2. The Morgan fingerprint density at radius 2 is 2.11 bits per heavy atom. The van der Waals surface area contributed by atoms with Crippen LogP contribution in [0.25, 0.3) is 0 Å². The molecule has 1 atom stereocenters. The van der Waals surface area contributed by atoms with Crippen LogP contribution in [-0.4, -0.2) is 45.1 Å². The highest BCUT2D eigenvalue weighted by Crippen LogP contribution is 2.29. The number of hydrogen-bond donors (Lipinski definition) is 1. The van der Waals surface area contributed by atoms with Gasteiger partial charge in [-0.3, -0.25) is 9.69 Å². The summed E-state index contributed by atoms with van der Waals surface area (Å²) in [6.07, 6.45) is 13.0. The van der Waals surface area contributed by atoms with E-state index < -0.39 is 0 Å². The lowest BCUT2D eigenvalue weighted by atomic mass is 9.95. The van der Waals surface area contributed by atoms with E-state index in [0.717, 1.165) is 26.1 Å². The Morgan fingerprint density at radius 3 is 2.89 bits per heavy atom. The lowest BCUT2D eigenvalue weighted by Gasteiger charge is -2.33. The molecule has 3 heterocycles. The van der Waals surface area contributed by atoms with Crippen molar-refractivity contribution >= 4 is 5.91 Å². The molecule has 2 aliphatic rings. The van der Waals surface area contributed by atoms with E-state index in [1.54, 1.807) is 13.0 Å². The Bertz CT molecular complexity index is 777. The van der Waals surface area contributed by atoms with Crippen molar-refractivity contribution in [1.82, 2.24) is 24.9 Å². The Labute approximate surface area is 166 Å². The van der Waals surface area contributed by atoms with Gasteiger partial charge in [0.05, 0.1) is 12.0 Å². The number of amides is 1. The summed E-state index contributed by atoms with van der Waals surface area (Å²) >= 11 is 0. The Hall–Kier alpha value is -2.15. The summed E-state index contributed by atoms with van der Waals surface area (Å²) in [5.74, 6) is 0.977. The molecule has 152 valence electrons. The molecule has 1 aliphatic carbocycles. The Kier molecular flexibility index (Phi) is 6.10. The summed E-state index contributed by atoms with van der Waals surface area (Å²) in [5, 5.41) is 6.81. The van der Waals surface area contributed by atoms with E-state index in [2.05, 4.69) is 24.9 Å². The molecule has 0 spiro atoms. The van der Waals surface area contributed by atoms with Crippen molar-refractivity contribution in [2.75, 3.05) is 19.6 Å². The first-order chi connectivity index (χ1) is 13.7. The molecule has 1 N–H and O–H groups in total. The highest BCUT2D eigenvalue weighted by molar-refractivity contribution is 5.92. The predicted molar refractivity (Wildman–Crippen MR) is 106 cm³/mol. The van der Waals surface area contributed by atoms with Crippen LogP contribution >= 0.6 is 0 Å². The number of piperidine rings is 1. The molecule has 7 nitrogen and oxygen atoms in total. The van der Waals surface area contributed by atoms with Gasteiger partial charge in [0.25, 0.3) is 5.91 Å². The number of hydrogen-bond acceptors (Lipinski definition) is 5. The van der Waals surface area contributed by atoms with E-state index in [9.17, 15) is 4.79 Å². The maximum atomic E-state index is 12.2. The molecule has 1 aliphatic heterocycles. The SMILES string of the molecule is Cc1cc(C(=O)NC[C@@H]2CCCN(Cc3cncn3C3CCCCC3)C2)no1. The standard InChI is InChI=1S/C21H31N5O2/c1-16-10-20(24-28-16)21(27)23-11-17-6-5-9-25(13-17)14-19-12-22-15-26(19)18-7-3-2-4-8-18/h10,12,15,17-18H,2-9,11,13-14H2,1H3,(H,23,27)/t17-/m0/s1. The summed E-state index contributed by atoms with van der Waals surface area (Å²) in [5.41, 5.74) is 1.69. The molecule has 0 aromatic carbocycles. The van der Waals surface area contributed by atoms with Gasteiger partial charge in [0.15, 0.2) is 5.69 Å². The molecule has 0 bridgehead atoms. The maximum Gasteiger partial charge on any atom is 0.273 e. The third-order valence-corrected chi connectivity index (χ3v) is 6.11. The smallest absolute Gasteiger partial charge is 0.273 e. The second kappa shape index (κ2) is 8.90. The summed E-state index contributed by atoms with van der Waals surface area (Å²) < 4.78 is 7.40. The topological polar surface area (TPSA) is 76.2 Å². The number of aromatic nitrogens is 3. The zero-order chi connectivity index (χ0) is 19.3. The van der Waals surface area contributed by atoms with E-state index in [1.165, 1.54) is 44.2 Å². The lowest BCUT2D eigenvalue weighted by Crippen LogP contribution is -2.41. The van der Waals surface area contributed by atoms with Gasteiger partial charge in [0.2, 0.25) is 0 Å². The summed E-state index contributed by atoms with van der Waals surface area (Å²) in [6.45, 7) is 5.55. The van der Waals surface area contributed by atoms with Crippen molar-refractivity contribution in [3.8, 4) is 0 Å². The number of rotatable bonds is 6. The first-order valence-corrected chi connectivity index (χ1v) is 10.6. The van der Waals surface area contributed by atoms with E-state index in [1.807, 2.05) is 12.5 Å². The highest BCUT2D eigenvalue weighted by Gasteiger charge is 2.24. The van der Waals surface area contributed by atoms with Gasteiger partial charge in [-0.25, -0.2) is 4.98 Å². The van der Waals surface area contributed by atoms with Crippen LogP contribution in [0.3, 0.4) is 0 Å². The quantitative estimate of drug-likeness (QED) is 0.825. The fourth-order valence-corrected chi connectivity index (χ4v) is 4.63. The van der Waals surface area contributed by atoms with Gasteiger partial charge in [-0.05, 0) is 45.1 Å². The van der Waals surface area contributed by atoms with Crippen molar-refractivity contribution in [3.05, 3.63) is 35.7 Å². The average Bonchev–Trinajstić information content (AvgIpc) is 3.36. The molecule has 28 heavy (non-hydrogen) atoms. The van der Waals surface area contributed by atoms with Gasteiger partial charge in [0, 0.05) is 37.9 Å². The van der Waals surface area contributed by atoms with Crippen molar-refractivity contribution in [1.29, 1.82) is 0 Å². The molecule has 4 rings (SSSR count). The van der Waals surface area contributed by atoms with Crippen molar-refractivity contribution < 1.29 is 9.32 Å². The van der Waals surface area contributed by atoms with Crippen LogP contribution in [0.1, 0.15) is 72.9 Å². The summed E-state index contributed by atoms with van der Waals surface area (Å²) in [7, 11) is 0. The van der Waals surface area contributed by atoms with Gasteiger partial charge < -0.3 is 14.4 Å². The molecule has 7 heteroatoms. The minimum absolute atomic E-state index is 0.149. The Balaban J connectivity index is 1.29. The molecular formula is C21H31N5O2. The number of nitrogens with one attached hydrogen (secondary N) is 1. The van der Waals surface area contributed by atoms with Gasteiger partial charge in [-0.2, -0.15) is 0 Å². The molecule has 2 aromatic heterocycles. The van der Waals surface area contributed by atoms with Crippen molar-refractivity contribution in [2.45, 2.75) is 64.5 Å². The zero-order valence-corrected chi connectivity index (χ0v) is 16.8. The molecule has 0 radical (unpaired) electrons. The third-order valence-electron chi connectivity index (χ3n) is 6.11. The zero-order valence-electron chi connectivity index (χ0n) is 16.8. The lowest BCUT2D eigenvalue weighted by molar-refractivity contribution is 0.0920. The largest absolute Gasteiger partial charge is 0.361 e. The monoisotopic (exact) mass is 385 g/mol. The fourth-order valence-electron chi connectivity index (χ4n) is 4.63. The van der Waals surface area contributed by atoms with Crippen molar-refractivity contribution in [2.24, 2.45) is 5.92 Å². The van der Waals surface area contributed by atoms with Crippen molar-refractivity contribution in [3.63, 3.8) is 0 Å². The molecule has 0 unspecified atom stereocenters. The first-order valence-electron chi connectivity index (χ1n) is 10.6. The molecule has 1 amide bonds. The third kappa shape index (κ3) is 4.63. The predicted octanol–water partition coefficient (Wildman–Crippen LogP) is 3.33. The number of carbonyl (C=O) groups excluding carboxylic acids is 1. The maximum absolute atomic E-state index is 12.2. The van der Waals surface area contributed by atoms with Gasteiger partial charge in [-0.15, -0.1) is 0 Å². The summed E-state index contributed by atoms with van der Waals surface area (Å²) in [6, 6.07) is 2.30. The number of carbonyl (C=O) groups is 1. The molecule has 2 fully saturated rings. The van der Waals surface area contributed by atoms with E-state index in [4.69, 9.17) is 4.52 Å². The number of aryl methyl sites for hydroxylation is 1. The first kappa shape index (κ1) is 19.2. The number of imidazole rings is 1. The van der Waals surface area contributed by atoms with Gasteiger partial charge in [0.1, 0.15) is 5.76 Å². The average molecular weight is 386 g/mol. The van der Waals surface area contributed by atoms with Gasteiger partial charge in [-0.1, -0.05) is 24.4 Å². The molecule has 1 saturated heterocycles. The normalized spacial score (nSPS) is 21.7. The van der Waals surface area contributed by atoms with Crippen LogP contribution in [0.5, 0.6) is 0 Å². The van der Waals surface area contributed by atoms with Crippen LogP contribution in [0, 0.1) is 12.8 Å². The van der Waals surface area contributed by atoms with Crippen LogP contribution < -0.4 is 5.32 Å². The van der Waals surface area contributed by atoms with E-state index >= 15 is 0 Å². The number of nitrogens with zero attached hydrogens (tertiary/aromatic N) is 4. The van der Waals surface area contributed by atoms with Crippen LogP contribution in [-0.2, 0) is 6.54 Å². The highest BCUT2D eigenvalue weighted by atomic mass is 16.5. The Morgan fingerprint density at radius 1 is 1.25 bits per heavy atom. The second-order valence-corrected chi connectivity index (χ2v) is 8.36. The van der Waals surface area contributed by atoms with Crippen LogP contribution in [0.15, 0.2) is 23.1 Å². The fraction of sp³-hybridized carbons (Fsp3) is 0.667. The minimum atomic E-state index is -0.149. The van der Waals surface area contributed by atoms with E-state index in [0.29, 0.717) is 30.0 Å².